The number of hydrogen-bond acceptors (Lipinski definition) is 0. The monoisotopic (exact) mass is 211 g/mol. The van der Waals surface area contributed by atoms with E-state index in [0.717, 1.165) is 6.42 Å². The van der Waals surface area contributed by atoms with Crippen LogP contribution in [0.3, 0.4) is 0 Å². The Balaban J connectivity index is -0.000000208. The van der Waals surface area contributed by atoms with Crippen molar-refractivity contribution in [2.24, 2.45) is 0 Å². The van der Waals surface area contributed by atoms with E-state index < -0.39 is 0 Å². The second-order valence-corrected chi connectivity index (χ2v) is 1.97. The summed E-state index contributed by atoms with van der Waals surface area (Å²) in [5.41, 5.74) is 2.49. The van der Waals surface area contributed by atoms with Gasteiger partial charge in [-0.2, -0.15) is 0 Å². The summed E-state index contributed by atoms with van der Waals surface area (Å²) in [6.45, 7) is 17.8. The first-order chi connectivity index (χ1) is 7.38. The van der Waals surface area contributed by atoms with E-state index >= 15 is 0 Å². The van der Waals surface area contributed by atoms with Gasteiger partial charge in [-0.05, 0) is 18.1 Å². The van der Waals surface area contributed by atoms with Crippen LogP contribution in [-0.4, -0.2) is 4.98 Å². The molecule has 0 atom stereocenters. The first-order valence-corrected chi connectivity index (χ1v) is 6.17. The fourth-order valence-corrected chi connectivity index (χ4v) is 0.913. The van der Waals surface area contributed by atoms with E-state index in [9.17, 15) is 0 Å². The van der Waals surface area contributed by atoms with Gasteiger partial charge in [-0.15, -0.1) is 0 Å². The molecule has 0 aromatic carbocycles. The minimum atomic E-state index is 1.05. The van der Waals surface area contributed by atoms with Crippen LogP contribution in [0.1, 0.15) is 59.7 Å². The molecule has 1 N–H and O–H groups in total. The third kappa shape index (κ3) is 9.33. The summed E-state index contributed by atoms with van der Waals surface area (Å²) in [5.74, 6) is 0. The Morgan fingerprint density at radius 1 is 1.13 bits per heavy atom. The summed E-state index contributed by atoms with van der Waals surface area (Å²) in [4.78, 5) is 3.14. The Kier molecular flexibility index (Phi) is 24.4. The van der Waals surface area contributed by atoms with E-state index in [1.54, 1.807) is 0 Å². The maximum Gasteiger partial charge on any atom is 0.0217 e. The Hall–Kier alpha value is -0.980. The van der Waals surface area contributed by atoms with Crippen molar-refractivity contribution in [3.63, 3.8) is 0 Å². The van der Waals surface area contributed by atoms with Crippen molar-refractivity contribution in [2.75, 3.05) is 0 Å². The van der Waals surface area contributed by atoms with Crippen molar-refractivity contribution in [3.8, 4) is 0 Å². The Labute approximate surface area is 96.6 Å². The number of H-pyrrole nitrogens is 1. The first kappa shape index (κ1) is 19.6. The molecule has 0 aliphatic heterocycles. The molecular formula is C14H29N. The van der Waals surface area contributed by atoms with Gasteiger partial charge in [-0.25, -0.2) is 0 Å². The molecule has 1 aromatic rings. The molecule has 0 aliphatic rings. The molecule has 1 nitrogen and oxygen atoms in total. The molecule has 0 aliphatic carbocycles. The number of aromatic nitrogens is 1. The van der Waals surface area contributed by atoms with Gasteiger partial charge in [-0.1, -0.05) is 61.1 Å². The largest absolute Gasteiger partial charge is 0.364 e. The standard InChI is InChI=1S/C8H11N.3C2H6/c1-3-7-5-6-9-8(7)4-2;3*1-2/h3,5-6,9H,1,4H2,2H3;3*1-2H3. The average Bonchev–Trinajstić information content (AvgIpc) is 2.84. The van der Waals surface area contributed by atoms with E-state index in [1.807, 2.05) is 59.9 Å². The highest BCUT2D eigenvalue weighted by molar-refractivity contribution is 5.49. The van der Waals surface area contributed by atoms with Crippen LogP contribution in [0, 0.1) is 0 Å². The fourth-order valence-electron chi connectivity index (χ4n) is 0.913. The van der Waals surface area contributed by atoms with Crippen LogP contribution in [0.15, 0.2) is 18.8 Å². The summed E-state index contributed by atoms with van der Waals surface area (Å²) >= 11 is 0. The maximum atomic E-state index is 3.69. The van der Waals surface area contributed by atoms with Gasteiger partial charge in [0.25, 0.3) is 0 Å². The molecule has 1 aromatic heterocycles. The van der Waals surface area contributed by atoms with Crippen molar-refractivity contribution >= 4 is 6.08 Å². The van der Waals surface area contributed by atoms with Gasteiger partial charge >= 0.3 is 0 Å². The third-order valence-electron chi connectivity index (χ3n) is 1.44. The Morgan fingerprint density at radius 2 is 1.60 bits per heavy atom. The molecule has 0 fully saturated rings. The summed E-state index contributed by atoms with van der Waals surface area (Å²) < 4.78 is 0. The summed E-state index contributed by atoms with van der Waals surface area (Å²) in [7, 11) is 0. The lowest BCUT2D eigenvalue weighted by Crippen LogP contribution is -1.80. The summed E-state index contributed by atoms with van der Waals surface area (Å²) in [5, 5.41) is 0. The number of aromatic amines is 1. The second kappa shape index (κ2) is 18.7. The van der Waals surface area contributed by atoms with Gasteiger partial charge in [0, 0.05) is 11.9 Å². The number of rotatable bonds is 2. The normalized spacial score (nSPS) is 6.87. The average molecular weight is 211 g/mol. The van der Waals surface area contributed by atoms with Crippen LogP contribution in [0.5, 0.6) is 0 Å². The van der Waals surface area contributed by atoms with Crippen LogP contribution >= 0.6 is 0 Å². The molecule has 0 saturated heterocycles. The van der Waals surface area contributed by atoms with Gasteiger partial charge in [0.1, 0.15) is 0 Å². The molecule has 0 spiro atoms. The molecule has 1 heteroatoms. The highest BCUT2D eigenvalue weighted by Crippen LogP contribution is 2.07. The highest BCUT2D eigenvalue weighted by atomic mass is 14.7. The zero-order valence-electron chi connectivity index (χ0n) is 11.6. The van der Waals surface area contributed by atoms with E-state index in [2.05, 4.69) is 18.5 Å². The molecule has 0 radical (unpaired) electrons. The van der Waals surface area contributed by atoms with Crippen LogP contribution in [0.4, 0.5) is 0 Å². The smallest absolute Gasteiger partial charge is 0.0217 e. The minimum absolute atomic E-state index is 1.05. The summed E-state index contributed by atoms with van der Waals surface area (Å²) in [6.07, 6.45) is 4.86. The second-order valence-electron chi connectivity index (χ2n) is 1.97. The van der Waals surface area contributed by atoms with E-state index in [4.69, 9.17) is 0 Å². The van der Waals surface area contributed by atoms with Crippen LogP contribution < -0.4 is 0 Å². The van der Waals surface area contributed by atoms with Crippen molar-refractivity contribution in [1.29, 1.82) is 0 Å². The van der Waals surface area contributed by atoms with Crippen molar-refractivity contribution in [3.05, 3.63) is 30.1 Å². The zero-order valence-corrected chi connectivity index (χ0v) is 11.6. The molecule has 0 bridgehead atoms. The molecular weight excluding hydrogens is 182 g/mol. The number of aryl methyl sites for hydroxylation is 1. The van der Waals surface area contributed by atoms with Gasteiger partial charge in [0.2, 0.25) is 0 Å². The van der Waals surface area contributed by atoms with Crippen LogP contribution in [0.25, 0.3) is 6.08 Å². The lowest BCUT2D eigenvalue weighted by atomic mass is 10.2. The lowest BCUT2D eigenvalue weighted by Gasteiger charge is -1.90. The molecule has 90 valence electrons. The van der Waals surface area contributed by atoms with Crippen molar-refractivity contribution in [1.82, 2.24) is 4.98 Å². The SMILES string of the molecule is C=Cc1cc[nH]c1CC.CC.CC.CC. The third-order valence-corrected chi connectivity index (χ3v) is 1.44. The molecule has 0 saturated carbocycles. The van der Waals surface area contributed by atoms with E-state index in [1.165, 1.54) is 11.3 Å². The molecule has 15 heavy (non-hydrogen) atoms. The molecule has 1 rings (SSSR count). The maximum absolute atomic E-state index is 3.69. The highest BCUT2D eigenvalue weighted by Gasteiger charge is 1.93. The fraction of sp³-hybridized carbons (Fsp3) is 0.571. The predicted molar refractivity (Wildman–Crippen MR) is 74.3 cm³/mol. The topological polar surface area (TPSA) is 15.8 Å². The van der Waals surface area contributed by atoms with Crippen molar-refractivity contribution < 1.29 is 0 Å². The Morgan fingerprint density at radius 3 is 1.87 bits per heavy atom. The number of nitrogens with one attached hydrogen (secondary N) is 1. The van der Waals surface area contributed by atoms with Gasteiger partial charge in [0.15, 0.2) is 0 Å². The Bertz CT molecular complexity index is 199. The van der Waals surface area contributed by atoms with Crippen molar-refractivity contribution in [2.45, 2.75) is 54.9 Å². The van der Waals surface area contributed by atoms with Crippen LogP contribution in [-0.2, 0) is 6.42 Å². The molecule has 1 heterocycles. The summed E-state index contributed by atoms with van der Waals surface area (Å²) in [6, 6.07) is 2.03. The number of hydrogen-bond donors (Lipinski definition) is 1. The van der Waals surface area contributed by atoms with Gasteiger partial charge in [-0.3, -0.25) is 0 Å². The quantitative estimate of drug-likeness (QED) is 0.683. The molecule has 0 amide bonds. The van der Waals surface area contributed by atoms with Gasteiger partial charge in [0.05, 0.1) is 0 Å². The van der Waals surface area contributed by atoms with Crippen LogP contribution in [0.2, 0.25) is 0 Å². The van der Waals surface area contributed by atoms with E-state index in [0.29, 0.717) is 0 Å². The van der Waals surface area contributed by atoms with E-state index in [-0.39, 0.29) is 0 Å². The zero-order chi connectivity index (χ0) is 12.7. The van der Waals surface area contributed by atoms with Gasteiger partial charge < -0.3 is 4.98 Å². The first-order valence-electron chi connectivity index (χ1n) is 6.17. The molecule has 0 unspecified atom stereocenters. The predicted octanol–water partition coefficient (Wildman–Crippen LogP) is 5.30. The lowest BCUT2D eigenvalue weighted by molar-refractivity contribution is 1.06. The minimum Gasteiger partial charge on any atom is -0.364 e.